The summed E-state index contributed by atoms with van der Waals surface area (Å²) in [6, 6.07) is 13.8. The number of nitrogens with zero attached hydrogens (tertiary/aromatic N) is 6. The van der Waals surface area contributed by atoms with Crippen molar-refractivity contribution in [1.82, 2.24) is 35.2 Å². The number of nitrogens with one attached hydrogen (secondary N) is 2. The van der Waals surface area contributed by atoms with Gasteiger partial charge in [-0.1, -0.05) is 26.0 Å². The summed E-state index contributed by atoms with van der Waals surface area (Å²) >= 11 is 0. The average molecular weight is 651 g/mol. The Morgan fingerprint density at radius 3 is 2.06 bits per heavy atom. The van der Waals surface area contributed by atoms with E-state index >= 15 is 0 Å². The molecule has 2 aliphatic carbocycles. The van der Waals surface area contributed by atoms with E-state index in [9.17, 15) is 19.6 Å². The van der Waals surface area contributed by atoms with Gasteiger partial charge in [-0.3, -0.25) is 19.5 Å². The highest BCUT2D eigenvalue weighted by atomic mass is 16.2. The van der Waals surface area contributed by atoms with Crippen LogP contribution in [0.3, 0.4) is 0 Å². The zero-order chi connectivity index (χ0) is 34.5. The largest absolute Gasteiger partial charge is 0.345 e. The second-order valence-corrected chi connectivity index (χ2v) is 14.5. The van der Waals surface area contributed by atoms with Crippen LogP contribution in [0, 0.1) is 17.2 Å². The number of piperidine rings is 1. The van der Waals surface area contributed by atoms with E-state index in [1.807, 2.05) is 36.4 Å². The van der Waals surface area contributed by atoms with Gasteiger partial charge in [0.05, 0.1) is 18.0 Å². The average Bonchev–Trinajstić information content (AvgIpc) is 3.48. The van der Waals surface area contributed by atoms with Gasteiger partial charge in [-0.2, -0.15) is 10.4 Å². The van der Waals surface area contributed by atoms with Crippen LogP contribution in [0.5, 0.6) is 0 Å². The summed E-state index contributed by atoms with van der Waals surface area (Å²) in [4.78, 5) is 49.7. The monoisotopic (exact) mass is 650 g/mol. The van der Waals surface area contributed by atoms with Crippen molar-refractivity contribution in [2.24, 2.45) is 5.92 Å². The first kappa shape index (κ1) is 33.3. The summed E-state index contributed by atoms with van der Waals surface area (Å²) in [7, 11) is 6.99. The topological polar surface area (TPSA) is 138 Å². The fourth-order valence-electron chi connectivity index (χ4n) is 7.72. The SMILES string of the molecule is CC(C)c1nc(C2(C[C@@H](C)NCC(=O)N3C(C#N)C[C@@H]4C[C@@H]43)c3ccc(C(=O)N(C)C)cc3CCc3cc(C(=O)N(C)C)ccc32)n[nH]1. The van der Waals surface area contributed by atoms with Crippen LogP contribution in [0.4, 0.5) is 0 Å². The first-order chi connectivity index (χ1) is 22.8. The van der Waals surface area contributed by atoms with Crippen molar-refractivity contribution >= 4 is 17.7 Å². The van der Waals surface area contributed by atoms with E-state index in [0.717, 1.165) is 40.9 Å². The van der Waals surface area contributed by atoms with Gasteiger partial charge in [0, 0.05) is 57.3 Å². The molecule has 11 heteroatoms. The summed E-state index contributed by atoms with van der Waals surface area (Å²) in [5, 5.41) is 21.2. The van der Waals surface area contributed by atoms with Crippen LogP contribution in [-0.2, 0) is 23.1 Å². The molecule has 2 aromatic carbocycles. The fraction of sp³-hybridized carbons (Fsp3) is 0.514. The van der Waals surface area contributed by atoms with Crippen LogP contribution in [0.15, 0.2) is 36.4 Å². The third-order valence-corrected chi connectivity index (χ3v) is 10.3. The number of aromatic nitrogens is 3. The predicted molar refractivity (Wildman–Crippen MR) is 182 cm³/mol. The zero-order valence-corrected chi connectivity index (χ0v) is 29.0. The van der Waals surface area contributed by atoms with Crippen molar-refractivity contribution in [1.29, 1.82) is 5.26 Å². The molecule has 0 radical (unpaired) electrons. The number of amides is 3. The Kier molecular flexibility index (Phi) is 8.90. The van der Waals surface area contributed by atoms with Gasteiger partial charge in [-0.05, 0) is 91.5 Å². The number of benzene rings is 2. The van der Waals surface area contributed by atoms with Crippen LogP contribution in [-0.4, -0.2) is 100 Å². The smallest absolute Gasteiger partial charge is 0.253 e. The highest BCUT2D eigenvalue weighted by molar-refractivity contribution is 5.95. The molecule has 0 spiro atoms. The van der Waals surface area contributed by atoms with Crippen molar-refractivity contribution in [3.05, 3.63) is 81.4 Å². The minimum atomic E-state index is -0.871. The third-order valence-electron chi connectivity index (χ3n) is 10.3. The van der Waals surface area contributed by atoms with Crippen molar-refractivity contribution in [3.63, 3.8) is 0 Å². The summed E-state index contributed by atoms with van der Waals surface area (Å²) in [6.45, 7) is 6.32. The van der Waals surface area contributed by atoms with Crippen molar-refractivity contribution in [3.8, 4) is 6.07 Å². The van der Waals surface area contributed by atoms with Gasteiger partial charge < -0.3 is 20.0 Å². The molecule has 1 saturated carbocycles. The molecule has 1 saturated heterocycles. The Morgan fingerprint density at radius 1 is 0.979 bits per heavy atom. The minimum Gasteiger partial charge on any atom is -0.345 e. The number of hydrogen-bond donors (Lipinski definition) is 2. The number of carbonyl (C=O) groups excluding carboxylic acids is 3. The molecule has 3 amide bonds. The number of H-pyrrole nitrogens is 1. The summed E-state index contributed by atoms with van der Waals surface area (Å²) in [5.74, 6) is 1.74. The molecule has 4 atom stereocenters. The van der Waals surface area contributed by atoms with E-state index in [-0.39, 0.29) is 48.3 Å². The number of rotatable bonds is 9. The van der Waals surface area contributed by atoms with Gasteiger partial charge in [0.25, 0.3) is 11.8 Å². The van der Waals surface area contributed by atoms with Crippen LogP contribution >= 0.6 is 0 Å². The van der Waals surface area contributed by atoms with Gasteiger partial charge in [0.15, 0.2) is 5.82 Å². The zero-order valence-electron chi connectivity index (χ0n) is 29.0. The maximum absolute atomic E-state index is 13.5. The molecule has 2 fully saturated rings. The van der Waals surface area contributed by atoms with E-state index in [2.05, 4.69) is 37.3 Å². The number of aromatic amines is 1. The molecule has 48 heavy (non-hydrogen) atoms. The van der Waals surface area contributed by atoms with Gasteiger partial charge >= 0.3 is 0 Å². The molecule has 1 aromatic heterocycles. The van der Waals surface area contributed by atoms with Crippen molar-refractivity contribution in [2.45, 2.75) is 82.3 Å². The van der Waals surface area contributed by atoms with E-state index in [1.54, 1.807) is 42.9 Å². The minimum absolute atomic E-state index is 0.0483. The second kappa shape index (κ2) is 12.8. The van der Waals surface area contributed by atoms with Gasteiger partial charge in [0.2, 0.25) is 5.91 Å². The summed E-state index contributed by atoms with van der Waals surface area (Å²) in [5.41, 5.74) is 4.38. The quantitative estimate of drug-likeness (QED) is 0.361. The van der Waals surface area contributed by atoms with E-state index in [1.165, 1.54) is 0 Å². The number of hydrogen-bond acceptors (Lipinski definition) is 7. The van der Waals surface area contributed by atoms with Crippen LogP contribution < -0.4 is 5.32 Å². The summed E-state index contributed by atoms with van der Waals surface area (Å²) in [6.07, 6.45) is 3.57. The second-order valence-electron chi connectivity index (χ2n) is 14.5. The van der Waals surface area contributed by atoms with Gasteiger partial charge in [0.1, 0.15) is 11.9 Å². The maximum Gasteiger partial charge on any atom is 0.253 e. The van der Waals surface area contributed by atoms with Gasteiger partial charge in [-0.15, -0.1) is 0 Å². The lowest BCUT2D eigenvalue weighted by Gasteiger charge is -2.37. The Bertz CT molecular complexity index is 1720. The maximum atomic E-state index is 13.5. The Hall–Kier alpha value is -4.56. The third kappa shape index (κ3) is 5.87. The Balaban J connectivity index is 1.47. The molecular weight excluding hydrogens is 604 g/mol. The van der Waals surface area contributed by atoms with Gasteiger partial charge in [-0.25, -0.2) is 4.98 Å². The number of likely N-dealkylation sites (tertiary alicyclic amines) is 1. The lowest BCUT2D eigenvalue weighted by molar-refractivity contribution is -0.131. The van der Waals surface area contributed by atoms with Crippen LogP contribution in [0.1, 0.15) is 101 Å². The normalized spacial score (nSPS) is 21.0. The van der Waals surface area contributed by atoms with Crippen LogP contribution in [0.25, 0.3) is 0 Å². The van der Waals surface area contributed by atoms with E-state index < -0.39 is 5.41 Å². The molecule has 3 aromatic rings. The first-order valence-corrected chi connectivity index (χ1v) is 16.9. The number of fused-ring (bicyclic) bond motifs is 3. The molecular formula is C37H46N8O3. The number of nitriles is 1. The molecule has 252 valence electrons. The highest BCUT2D eigenvalue weighted by Crippen LogP contribution is 2.49. The molecule has 2 heterocycles. The molecule has 11 nitrogen and oxygen atoms in total. The molecule has 2 N–H and O–H groups in total. The van der Waals surface area contributed by atoms with Crippen molar-refractivity contribution in [2.75, 3.05) is 34.7 Å². The van der Waals surface area contributed by atoms with E-state index in [4.69, 9.17) is 10.1 Å². The Labute approximate surface area is 282 Å². The molecule has 3 aliphatic rings. The highest BCUT2D eigenvalue weighted by Gasteiger charge is 2.54. The molecule has 1 aliphatic heterocycles. The van der Waals surface area contributed by atoms with Crippen LogP contribution in [0.2, 0.25) is 0 Å². The predicted octanol–water partition coefficient (Wildman–Crippen LogP) is 3.65. The lowest BCUT2D eigenvalue weighted by Crippen LogP contribution is -2.46. The summed E-state index contributed by atoms with van der Waals surface area (Å²) < 4.78 is 0. The molecule has 0 bridgehead atoms. The number of carbonyl (C=O) groups is 3. The standard InChI is InChI=1S/C37H46N8O3/c1-21(2)33-40-36(42-41-33)37(18-22(3)39-20-32(46)45-28(19-38)16-27-17-31(27)45)29-12-10-25(34(47)43(4)5)14-23(29)8-9-24-15-26(11-13-30(24)37)35(48)44(6)7/h10-15,21-22,27-28,31,39H,8-9,16-18,20H2,1-7H3,(H,40,41,42)/t22-,27-,28?,31+/m1/s1. The van der Waals surface area contributed by atoms with E-state index in [0.29, 0.717) is 42.1 Å². The molecule has 1 unspecified atom stereocenters. The fourth-order valence-corrected chi connectivity index (χ4v) is 7.72. The van der Waals surface area contributed by atoms with Crippen molar-refractivity contribution < 1.29 is 14.4 Å². The first-order valence-electron chi connectivity index (χ1n) is 16.9. The Morgan fingerprint density at radius 2 is 1.56 bits per heavy atom. The molecule has 6 rings (SSSR count). The number of aryl methyl sites for hydroxylation is 2. The lowest BCUT2D eigenvalue weighted by atomic mass is 9.67.